The third-order valence-electron chi connectivity index (χ3n) is 11.1. The van der Waals surface area contributed by atoms with Crippen LogP contribution in [0.25, 0.3) is 0 Å². The minimum Gasteiger partial charge on any atom is -0.465 e. The van der Waals surface area contributed by atoms with Gasteiger partial charge in [-0.15, -0.1) is 0 Å². The summed E-state index contributed by atoms with van der Waals surface area (Å²) in [5.74, 6) is -0.288. The zero-order valence-corrected chi connectivity index (χ0v) is 33.2. The van der Waals surface area contributed by atoms with Crippen LogP contribution in [0.15, 0.2) is 0 Å². The van der Waals surface area contributed by atoms with Crippen molar-refractivity contribution in [3.05, 3.63) is 0 Å². The van der Waals surface area contributed by atoms with Crippen molar-refractivity contribution in [1.29, 1.82) is 0 Å². The van der Waals surface area contributed by atoms with E-state index in [-0.39, 0.29) is 0 Å². The maximum absolute atomic E-state index is 13.2. The predicted octanol–water partition coefficient (Wildman–Crippen LogP) is 11.7. The van der Waals surface area contributed by atoms with Crippen molar-refractivity contribution in [2.45, 2.75) is 220 Å². The summed E-state index contributed by atoms with van der Waals surface area (Å²) in [6.07, 6.45) is 33.9. The van der Waals surface area contributed by atoms with E-state index in [0.29, 0.717) is 38.2 Å². The molecule has 0 bridgehead atoms. The Hall–Kier alpha value is -1.14. The van der Waals surface area contributed by atoms with Crippen LogP contribution in [-0.4, -0.2) is 60.9 Å². The maximum atomic E-state index is 13.2. The Bertz CT molecular complexity index is 767. The SMILES string of the molecule is CCCCCCCCCCN(CCCCCCCCC(C)(C(=O)OCCCCCC)C(=O)OCCCCCCCC)C1CCC(CO)CC1. The molecule has 0 radical (unpaired) electrons. The molecule has 0 aliphatic heterocycles. The minimum atomic E-state index is -1.21. The second kappa shape index (κ2) is 31.6. The van der Waals surface area contributed by atoms with Crippen LogP contribution in [0.5, 0.6) is 0 Å². The van der Waals surface area contributed by atoms with Gasteiger partial charge in [0.25, 0.3) is 0 Å². The van der Waals surface area contributed by atoms with E-state index >= 15 is 0 Å². The van der Waals surface area contributed by atoms with Crippen LogP contribution in [0.4, 0.5) is 0 Å². The first-order valence-electron chi connectivity index (χ1n) is 21.6. The number of carbonyl (C=O) groups excluding carboxylic acids is 2. The van der Waals surface area contributed by atoms with Gasteiger partial charge in [-0.3, -0.25) is 9.59 Å². The normalized spacial score (nSPS) is 17.7. The third-order valence-corrected chi connectivity index (χ3v) is 11.1. The summed E-state index contributed by atoms with van der Waals surface area (Å²) in [7, 11) is 0. The summed E-state index contributed by atoms with van der Waals surface area (Å²) in [6, 6.07) is 0.692. The molecular formula is C43H83NO5. The lowest BCUT2D eigenvalue weighted by atomic mass is 9.84. The maximum Gasteiger partial charge on any atom is 0.323 e. The molecule has 6 heteroatoms. The van der Waals surface area contributed by atoms with Crippen molar-refractivity contribution >= 4 is 11.9 Å². The third kappa shape index (κ3) is 22.4. The lowest BCUT2D eigenvalue weighted by Gasteiger charge is -2.36. The molecule has 1 aliphatic carbocycles. The second-order valence-electron chi connectivity index (χ2n) is 15.7. The molecule has 0 amide bonds. The molecule has 1 rings (SSSR count). The number of nitrogens with zero attached hydrogens (tertiary/aromatic N) is 1. The predicted molar refractivity (Wildman–Crippen MR) is 207 cm³/mol. The molecule has 1 N–H and O–H groups in total. The highest BCUT2D eigenvalue weighted by Gasteiger charge is 2.43. The van der Waals surface area contributed by atoms with Crippen LogP contribution in [0, 0.1) is 11.3 Å². The molecule has 1 saturated carbocycles. The van der Waals surface area contributed by atoms with E-state index in [9.17, 15) is 14.7 Å². The van der Waals surface area contributed by atoms with E-state index < -0.39 is 17.4 Å². The van der Waals surface area contributed by atoms with E-state index in [1.54, 1.807) is 6.92 Å². The van der Waals surface area contributed by atoms with Crippen molar-refractivity contribution in [3.63, 3.8) is 0 Å². The zero-order chi connectivity index (χ0) is 35.8. The minimum absolute atomic E-state index is 0.352. The molecule has 0 aromatic carbocycles. The lowest BCUT2D eigenvalue weighted by molar-refractivity contribution is -0.172. The number of aliphatic hydroxyl groups excluding tert-OH is 1. The Morgan fingerprint density at radius 3 is 1.35 bits per heavy atom. The highest BCUT2D eigenvalue weighted by molar-refractivity contribution is 5.99. The standard InChI is InChI=1S/C43H83NO5/c1-5-8-11-14-16-18-21-25-34-44(40-31-29-39(38-45)30-32-40)35-26-22-19-17-20-24-33-43(4,41(46)48-36-27-13-10-7-3)42(47)49-37-28-23-15-12-9-6-2/h39-40,45H,5-38H2,1-4H3. The van der Waals surface area contributed by atoms with Crippen LogP contribution < -0.4 is 0 Å². The van der Waals surface area contributed by atoms with Gasteiger partial charge in [-0.25, -0.2) is 0 Å². The molecule has 0 aromatic rings. The molecule has 1 atom stereocenters. The number of carbonyl (C=O) groups is 2. The average molecular weight is 694 g/mol. The summed E-state index contributed by atoms with van der Waals surface area (Å²) in [6.45, 7) is 12.0. The number of unbranched alkanes of at least 4 members (excludes halogenated alkanes) is 20. The van der Waals surface area contributed by atoms with Crippen LogP contribution in [0.2, 0.25) is 0 Å². The smallest absolute Gasteiger partial charge is 0.323 e. The van der Waals surface area contributed by atoms with Crippen LogP contribution >= 0.6 is 0 Å². The molecule has 1 unspecified atom stereocenters. The quantitative estimate of drug-likeness (QED) is 0.0411. The van der Waals surface area contributed by atoms with Gasteiger partial charge in [0.1, 0.15) is 0 Å². The van der Waals surface area contributed by atoms with Gasteiger partial charge in [0.15, 0.2) is 5.41 Å². The van der Waals surface area contributed by atoms with E-state index in [1.807, 2.05) is 0 Å². The van der Waals surface area contributed by atoms with E-state index in [2.05, 4.69) is 25.7 Å². The number of esters is 2. The van der Waals surface area contributed by atoms with Gasteiger partial charge in [0.2, 0.25) is 0 Å². The second-order valence-corrected chi connectivity index (χ2v) is 15.7. The Morgan fingerprint density at radius 2 is 0.918 bits per heavy atom. The molecule has 6 nitrogen and oxygen atoms in total. The lowest BCUT2D eigenvalue weighted by Crippen LogP contribution is -2.40. The molecular weight excluding hydrogens is 610 g/mol. The zero-order valence-electron chi connectivity index (χ0n) is 33.2. The Balaban J connectivity index is 2.46. The van der Waals surface area contributed by atoms with Gasteiger partial charge >= 0.3 is 11.9 Å². The first kappa shape index (κ1) is 45.9. The fraction of sp³-hybridized carbons (Fsp3) is 0.953. The highest BCUT2D eigenvalue weighted by atomic mass is 16.6. The van der Waals surface area contributed by atoms with Crippen LogP contribution in [0.1, 0.15) is 214 Å². The van der Waals surface area contributed by atoms with Crippen molar-refractivity contribution in [1.82, 2.24) is 4.90 Å². The molecule has 290 valence electrons. The molecule has 0 heterocycles. The fourth-order valence-corrected chi connectivity index (χ4v) is 7.47. The largest absolute Gasteiger partial charge is 0.465 e. The molecule has 49 heavy (non-hydrogen) atoms. The van der Waals surface area contributed by atoms with Gasteiger partial charge in [-0.05, 0) is 83.7 Å². The summed E-state index contributed by atoms with van der Waals surface area (Å²) in [4.78, 5) is 29.2. The van der Waals surface area contributed by atoms with Gasteiger partial charge in [-0.2, -0.15) is 0 Å². The van der Waals surface area contributed by atoms with E-state index in [4.69, 9.17) is 9.47 Å². The molecule has 1 aliphatic rings. The van der Waals surface area contributed by atoms with Gasteiger partial charge in [-0.1, -0.05) is 149 Å². The first-order chi connectivity index (χ1) is 23.9. The number of ether oxygens (including phenoxy) is 2. The Kier molecular flexibility index (Phi) is 29.6. The Labute approximate surface area is 304 Å². The number of hydrogen-bond donors (Lipinski definition) is 1. The number of hydrogen-bond acceptors (Lipinski definition) is 6. The molecule has 0 saturated heterocycles. The van der Waals surface area contributed by atoms with Crippen LogP contribution in [0.3, 0.4) is 0 Å². The van der Waals surface area contributed by atoms with Crippen LogP contribution in [-0.2, 0) is 19.1 Å². The van der Waals surface area contributed by atoms with Crippen molar-refractivity contribution < 1.29 is 24.2 Å². The van der Waals surface area contributed by atoms with E-state index in [1.165, 1.54) is 135 Å². The monoisotopic (exact) mass is 694 g/mol. The number of aliphatic hydroxyl groups is 1. The summed E-state index contributed by atoms with van der Waals surface area (Å²) in [5, 5.41) is 9.63. The van der Waals surface area contributed by atoms with Crippen molar-refractivity contribution in [2.75, 3.05) is 32.9 Å². The van der Waals surface area contributed by atoms with Gasteiger partial charge in [0, 0.05) is 12.6 Å². The summed E-state index contributed by atoms with van der Waals surface area (Å²) in [5.41, 5.74) is -1.21. The first-order valence-corrected chi connectivity index (χ1v) is 21.6. The number of rotatable bonds is 34. The molecule has 0 spiro atoms. The fourth-order valence-electron chi connectivity index (χ4n) is 7.47. The molecule has 1 fully saturated rings. The van der Waals surface area contributed by atoms with Crippen molar-refractivity contribution in [3.8, 4) is 0 Å². The summed E-state index contributed by atoms with van der Waals surface area (Å²) < 4.78 is 11.3. The van der Waals surface area contributed by atoms with Gasteiger partial charge in [0.05, 0.1) is 13.2 Å². The highest BCUT2D eigenvalue weighted by Crippen LogP contribution is 2.30. The van der Waals surface area contributed by atoms with E-state index in [0.717, 1.165) is 57.8 Å². The molecule has 0 aromatic heterocycles. The topological polar surface area (TPSA) is 76.1 Å². The summed E-state index contributed by atoms with van der Waals surface area (Å²) >= 11 is 0. The Morgan fingerprint density at radius 1 is 0.551 bits per heavy atom. The van der Waals surface area contributed by atoms with Gasteiger partial charge < -0.3 is 19.5 Å². The average Bonchev–Trinajstić information content (AvgIpc) is 3.12. The van der Waals surface area contributed by atoms with Crippen molar-refractivity contribution in [2.24, 2.45) is 11.3 Å².